The number of carbonyl (C=O) groups excluding carboxylic acids is 2. The molecule has 0 unspecified atom stereocenters. The summed E-state index contributed by atoms with van der Waals surface area (Å²) in [4.78, 5) is 24.3. The summed E-state index contributed by atoms with van der Waals surface area (Å²) in [5.41, 5.74) is -0.855. The summed E-state index contributed by atoms with van der Waals surface area (Å²) in [6, 6.07) is 0.823. The number of carbonyl (C=O) groups is 2. The van der Waals surface area contributed by atoms with Gasteiger partial charge in [0.2, 0.25) is 0 Å². The molecule has 0 radical (unpaired) electrons. The van der Waals surface area contributed by atoms with Crippen molar-refractivity contribution in [2.75, 3.05) is 7.11 Å². The SMILES string of the molecule is COc1cnc(C(=O)[O-])cc1C(=O)[O-]. The number of hydrogen-bond donors (Lipinski definition) is 0. The highest BCUT2D eigenvalue weighted by Crippen LogP contribution is 2.16. The molecule has 0 spiro atoms. The van der Waals surface area contributed by atoms with Crippen LogP contribution < -0.4 is 14.9 Å². The summed E-state index contributed by atoms with van der Waals surface area (Å²) in [5.74, 6) is -3.16. The molecule has 1 aromatic rings. The molecule has 6 nitrogen and oxygen atoms in total. The predicted octanol–water partition coefficient (Wildman–Crippen LogP) is -2.18. The van der Waals surface area contributed by atoms with Gasteiger partial charge in [-0.1, -0.05) is 0 Å². The van der Waals surface area contributed by atoms with E-state index in [1.165, 1.54) is 7.11 Å². The highest BCUT2D eigenvalue weighted by Gasteiger charge is 2.06. The van der Waals surface area contributed by atoms with Gasteiger partial charge in [0, 0.05) is 5.56 Å². The summed E-state index contributed by atoms with van der Waals surface area (Å²) in [7, 11) is 1.24. The molecule has 0 fully saturated rings. The minimum absolute atomic E-state index is 0.0602. The summed E-state index contributed by atoms with van der Waals surface area (Å²) >= 11 is 0. The molecule has 6 heteroatoms. The van der Waals surface area contributed by atoms with E-state index in [0.29, 0.717) is 0 Å². The van der Waals surface area contributed by atoms with Crippen LogP contribution in [0.1, 0.15) is 20.8 Å². The molecule has 0 N–H and O–H groups in total. The van der Waals surface area contributed by atoms with Crippen LogP contribution in [0.5, 0.6) is 5.75 Å². The van der Waals surface area contributed by atoms with Crippen LogP contribution in [0.4, 0.5) is 0 Å². The zero-order valence-corrected chi connectivity index (χ0v) is 7.14. The van der Waals surface area contributed by atoms with Gasteiger partial charge < -0.3 is 24.5 Å². The van der Waals surface area contributed by atoms with Gasteiger partial charge in [-0.2, -0.15) is 0 Å². The molecule has 1 aromatic heterocycles. The number of pyridine rings is 1. The molecule has 0 aromatic carbocycles. The molecule has 74 valence electrons. The molecule has 0 aliphatic carbocycles. The van der Waals surface area contributed by atoms with Gasteiger partial charge >= 0.3 is 0 Å². The molecular formula is C8H5NO5-2. The third-order valence-electron chi connectivity index (χ3n) is 1.52. The van der Waals surface area contributed by atoms with E-state index in [2.05, 4.69) is 9.72 Å². The van der Waals surface area contributed by atoms with E-state index in [1.54, 1.807) is 0 Å². The second-order valence-electron chi connectivity index (χ2n) is 2.34. The third kappa shape index (κ3) is 1.79. The Hall–Kier alpha value is -2.11. The number of nitrogens with zero attached hydrogens (tertiary/aromatic N) is 1. The number of methoxy groups -OCH3 is 1. The number of carboxylic acids is 2. The van der Waals surface area contributed by atoms with Crippen LogP contribution in [-0.2, 0) is 0 Å². The molecule has 0 aliphatic heterocycles. The summed E-state index contributed by atoms with van der Waals surface area (Å²) in [6.45, 7) is 0. The molecule has 0 saturated heterocycles. The minimum atomic E-state index is -1.56. The van der Waals surface area contributed by atoms with Crippen LogP contribution in [0.25, 0.3) is 0 Å². The van der Waals surface area contributed by atoms with Crippen LogP contribution in [-0.4, -0.2) is 24.0 Å². The molecule has 0 bridgehead atoms. The maximum absolute atomic E-state index is 10.5. The van der Waals surface area contributed by atoms with Crippen molar-refractivity contribution >= 4 is 11.9 Å². The highest BCUT2D eigenvalue weighted by molar-refractivity contribution is 5.92. The van der Waals surface area contributed by atoms with Gasteiger partial charge in [0.15, 0.2) is 0 Å². The van der Waals surface area contributed by atoms with Crippen molar-refractivity contribution in [2.24, 2.45) is 0 Å². The van der Waals surface area contributed by atoms with Crippen molar-refractivity contribution in [2.45, 2.75) is 0 Å². The van der Waals surface area contributed by atoms with Crippen molar-refractivity contribution in [1.29, 1.82) is 0 Å². The van der Waals surface area contributed by atoms with Gasteiger partial charge in [0.1, 0.15) is 5.75 Å². The van der Waals surface area contributed by atoms with Crippen molar-refractivity contribution in [3.8, 4) is 5.75 Å². The van der Waals surface area contributed by atoms with Crippen molar-refractivity contribution in [3.05, 3.63) is 23.5 Å². The molecule has 14 heavy (non-hydrogen) atoms. The van der Waals surface area contributed by atoms with Crippen LogP contribution in [0.15, 0.2) is 12.3 Å². The predicted molar refractivity (Wildman–Crippen MR) is 39.5 cm³/mol. The third-order valence-corrected chi connectivity index (χ3v) is 1.52. The number of carboxylic acid groups (broad SMARTS) is 2. The lowest BCUT2D eigenvalue weighted by Crippen LogP contribution is -2.27. The molecular weight excluding hydrogens is 190 g/mol. The minimum Gasteiger partial charge on any atom is -0.545 e. The zero-order chi connectivity index (χ0) is 10.7. The second kappa shape index (κ2) is 3.73. The Kier molecular flexibility index (Phi) is 2.66. The Morgan fingerprint density at radius 3 is 2.43 bits per heavy atom. The van der Waals surface area contributed by atoms with Crippen molar-refractivity contribution < 1.29 is 24.5 Å². The maximum Gasteiger partial charge on any atom is 0.146 e. The Morgan fingerprint density at radius 1 is 1.36 bits per heavy atom. The van der Waals surface area contributed by atoms with Gasteiger partial charge in [-0.25, -0.2) is 0 Å². The Balaban J connectivity index is 3.27. The summed E-state index contributed by atoms with van der Waals surface area (Å²) < 4.78 is 4.64. The van der Waals surface area contributed by atoms with E-state index in [4.69, 9.17) is 0 Å². The topological polar surface area (TPSA) is 102 Å². The first-order valence-corrected chi connectivity index (χ1v) is 3.53. The van der Waals surface area contributed by atoms with E-state index in [1.807, 2.05) is 0 Å². The molecule has 0 saturated carbocycles. The lowest BCUT2D eigenvalue weighted by molar-refractivity contribution is -0.255. The van der Waals surface area contributed by atoms with Crippen LogP contribution >= 0.6 is 0 Å². The lowest BCUT2D eigenvalue weighted by Gasteiger charge is -2.10. The fraction of sp³-hybridized carbons (Fsp3) is 0.125. The molecule has 0 amide bonds. The molecule has 1 rings (SSSR count). The first-order chi connectivity index (χ1) is 6.56. The smallest absolute Gasteiger partial charge is 0.146 e. The van der Waals surface area contributed by atoms with Crippen LogP contribution in [0.3, 0.4) is 0 Å². The number of aromatic carboxylic acids is 2. The molecule has 0 aliphatic rings. The number of hydrogen-bond acceptors (Lipinski definition) is 6. The number of ether oxygens (including phenoxy) is 1. The van der Waals surface area contributed by atoms with E-state index in [-0.39, 0.29) is 11.3 Å². The molecule has 0 atom stereocenters. The normalized spacial score (nSPS) is 9.50. The van der Waals surface area contributed by atoms with E-state index >= 15 is 0 Å². The number of aromatic nitrogens is 1. The Labute approximate surface area is 78.8 Å². The Bertz CT molecular complexity index is 387. The molecule has 1 heterocycles. The zero-order valence-electron chi connectivity index (χ0n) is 7.14. The monoisotopic (exact) mass is 195 g/mol. The number of rotatable bonds is 3. The second-order valence-corrected chi connectivity index (χ2v) is 2.34. The standard InChI is InChI=1S/C8H7NO5/c1-14-6-3-9-5(8(12)13)2-4(6)7(10)11/h2-3H,1H3,(H,10,11)(H,12,13)/p-2. The van der Waals surface area contributed by atoms with Gasteiger partial charge in [0.05, 0.1) is 30.9 Å². The van der Waals surface area contributed by atoms with Gasteiger partial charge in [-0.3, -0.25) is 4.98 Å². The van der Waals surface area contributed by atoms with Crippen molar-refractivity contribution in [1.82, 2.24) is 4.98 Å². The van der Waals surface area contributed by atoms with Crippen LogP contribution in [0, 0.1) is 0 Å². The fourth-order valence-electron chi connectivity index (χ4n) is 0.877. The van der Waals surface area contributed by atoms with E-state index in [9.17, 15) is 19.8 Å². The average Bonchev–Trinajstić information content (AvgIpc) is 2.16. The first-order valence-electron chi connectivity index (χ1n) is 3.53. The van der Waals surface area contributed by atoms with Gasteiger partial charge in [-0.15, -0.1) is 0 Å². The van der Waals surface area contributed by atoms with Gasteiger partial charge in [0.25, 0.3) is 0 Å². The average molecular weight is 195 g/mol. The van der Waals surface area contributed by atoms with Crippen molar-refractivity contribution in [3.63, 3.8) is 0 Å². The largest absolute Gasteiger partial charge is 0.545 e. The highest BCUT2D eigenvalue weighted by atomic mass is 16.5. The summed E-state index contributed by atoms with van der Waals surface area (Å²) in [6.07, 6.45) is 0.982. The van der Waals surface area contributed by atoms with E-state index < -0.39 is 17.6 Å². The van der Waals surface area contributed by atoms with Gasteiger partial charge in [-0.05, 0) is 6.07 Å². The van der Waals surface area contributed by atoms with Crippen LogP contribution in [0.2, 0.25) is 0 Å². The maximum atomic E-state index is 10.5. The first kappa shape index (κ1) is 9.97. The Morgan fingerprint density at radius 2 is 2.00 bits per heavy atom. The lowest BCUT2D eigenvalue weighted by atomic mass is 10.2. The fourth-order valence-corrected chi connectivity index (χ4v) is 0.877. The summed E-state index contributed by atoms with van der Waals surface area (Å²) in [5, 5.41) is 20.9. The van der Waals surface area contributed by atoms with E-state index in [0.717, 1.165) is 12.3 Å². The quantitative estimate of drug-likeness (QED) is 0.543.